The first kappa shape index (κ1) is 18.3. The molecule has 0 aromatic heterocycles. The number of hydrogen-bond acceptors (Lipinski definition) is 5. The molecule has 0 aliphatic heterocycles. The van der Waals surface area contributed by atoms with E-state index in [1.165, 1.54) is 0 Å². The first-order valence-electron chi connectivity index (χ1n) is 7.77. The molecule has 1 amide bonds. The zero-order valence-corrected chi connectivity index (χ0v) is 14.5. The number of carbonyl (C=O) groups is 2. The second-order valence-corrected chi connectivity index (χ2v) is 5.49. The minimum Gasteiger partial charge on any atom is -0.497 e. The predicted octanol–water partition coefficient (Wildman–Crippen LogP) is 2.87. The van der Waals surface area contributed by atoms with Gasteiger partial charge in [0.25, 0.3) is 5.91 Å². The average Bonchev–Trinajstić information content (AvgIpc) is 2.60. The predicted molar refractivity (Wildman–Crippen MR) is 94.0 cm³/mol. The van der Waals surface area contributed by atoms with Crippen LogP contribution in [0.15, 0.2) is 42.5 Å². The second-order valence-electron chi connectivity index (χ2n) is 5.49. The molecule has 0 aliphatic rings. The number of rotatable bonds is 7. The van der Waals surface area contributed by atoms with Crippen LogP contribution in [0.3, 0.4) is 0 Å². The van der Waals surface area contributed by atoms with Crippen molar-refractivity contribution < 1.29 is 23.8 Å². The van der Waals surface area contributed by atoms with Gasteiger partial charge >= 0.3 is 5.97 Å². The van der Waals surface area contributed by atoms with E-state index in [4.69, 9.17) is 14.2 Å². The fourth-order valence-electron chi connectivity index (χ4n) is 2.16. The van der Waals surface area contributed by atoms with Gasteiger partial charge in [0.05, 0.1) is 7.11 Å². The van der Waals surface area contributed by atoms with Gasteiger partial charge in [-0.1, -0.05) is 17.7 Å². The van der Waals surface area contributed by atoms with Gasteiger partial charge in [0.2, 0.25) is 0 Å². The van der Waals surface area contributed by atoms with E-state index in [2.05, 4.69) is 5.32 Å². The Kier molecular flexibility index (Phi) is 6.39. The average molecular weight is 343 g/mol. The van der Waals surface area contributed by atoms with Crippen LogP contribution in [-0.4, -0.2) is 32.2 Å². The molecule has 0 saturated carbocycles. The molecule has 0 atom stereocenters. The fraction of sp³-hybridized carbons (Fsp3) is 0.263. The first-order chi connectivity index (χ1) is 12.0. The van der Waals surface area contributed by atoms with Gasteiger partial charge in [-0.3, -0.25) is 4.79 Å². The van der Waals surface area contributed by atoms with Crippen molar-refractivity contribution in [1.29, 1.82) is 0 Å². The summed E-state index contributed by atoms with van der Waals surface area (Å²) < 4.78 is 15.4. The summed E-state index contributed by atoms with van der Waals surface area (Å²) in [5, 5.41) is 2.63. The van der Waals surface area contributed by atoms with Crippen LogP contribution in [-0.2, 0) is 14.3 Å². The lowest BCUT2D eigenvalue weighted by atomic mass is 10.1. The third-order valence-corrected chi connectivity index (χ3v) is 3.41. The smallest absolute Gasteiger partial charge is 0.344 e. The van der Waals surface area contributed by atoms with Crippen LogP contribution in [0, 0.1) is 13.8 Å². The van der Waals surface area contributed by atoms with E-state index in [0.717, 1.165) is 11.1 Å². The number of nitrogens with one attached hydrogen (secondary N) is 1. The molecule has 0 spiro atoms. The summed E-state index contributed by atoms with van der Waals surface area (Å²) in [7, 11) is 1.56. The van der Waals surface area contributed by atoms with E-state index in [-0.39, 0.29) is 13.2 Å². The minimum atomic E-state index is -0.607. The Morgan fingerprint density at radius 2 is 1.72 bits per heavy atom. The van der Waals surface area contributed by atoms with E-state index in [1.54, 1.807) is 37.4 Å². The minimum absolute atomic E-state index is 0.250. The molecule has 0 radical (unpaired) electrons. The lowest BCUT2D eigenvalue weighted by Crippen LogP contribution is -2.23. The molecule has 2 rings (SSSR count). The molecule has 2 aromatic carbocycles. The first-order valence-corrected chi connectivity index (χ1v) is 7.77. The monoisotopic (exact) mass is 343 g/mol. The van der Waals surface area contributed by atoms with Crippen LogP contribution < -0.4 is 14.8 Å². The van der Waals surface area contributed by atoms with Crippen LogP contribution in [0.4, 0.5) is 5.69 Å². The lowest BCUT2D eigenvalue weighted by Gasteiger charge is -2.10. The Hall–Kier alpha value is -3.02. The third kappa shape index (κ3) is 5.84. The van der Waals surface area contributed by atoms with Gasteiger partial charge in [-0.05, 0) is 49.7 Å². The summed E-state index contributed by atoms with van der Waals surface area (Å²) in [4.78, 5) is 23.5. The maximum atomic E-state index is 11.8. The van der Waals surface area contributed by atoms with Crippen LogP contribution in [0.5, 0.6) is 11.5 Å². The Morgan fingerprint density at radius 1 is 1.00 bits per heavy atom. The van der Waals surface area contributed by atoms with Gasteiger partial charge in [-0.2, -0.15) is 0 Å². The topological polar surface area (TPSA) is 73.9 Å². The van der Waals surface area contributed by atoms with Crippen LogP contribution in [0.2, 0.25) is 0 Å². The highest BCUT2D eigenvalue weighted by molar-refractivity contribution is 5.92. The summed E-state index contributed by atoms with van der Waals surface area (Å²) >= 11 is 0. The van der Waals surface area contributed by atoms with Crippen molar-refractivity contribution in [2.45, 2.75) is 13.8 Å². The zero-order chi connectivity index (χ0) is 18.2. The van der Waals surface area contributed by atoms with E-state index in [1.807, 2.05) is 26.0 Å². The number of ether oxygens (including phenoxy) is 3. The molecule has 0 aliphatic carbocycles. The van der Waals surface area contributed by atoms with E-state index < -0.39 is 11.9 Å². The van der Waals surface area contributed by atoms with Gasteiger partial charge in [0.15, 0.2) is 13.2 Å². The normalized spacial score (nSPS) is 10.0. The number of anilines is 1. The molecule has 0 saturated heterocycles. The largest absolute Gasteiger partial charge is 0.497 e. The Balaban J connectivity index is 1.74. The summed E-state index contributed by atoms with van der Waals surface area (Å²) in [6.45, 7) is 3.25. The Labute approximate surface area is 146 Å². The van der Waals surface area contributed by atoms with Crippen LogP contribution >= 0.6 is 0 Å². The Morgan fingerprint density at radius 3 is 2.36 bits per heavy atom. The van der Waals surface area contributed by atoms with Crippen molar-refractivity contribution in [3.05, 3.63) is 53.6 Å². The van der Waals surface area contributed by atoms with E-state index >= 15 is 0 Å². The molecule has 0 fully saturated rings. The molecule has 0 bridgehead atoms. The van der Waals surface area contributed by atoms with Crippen molar-refractivity contribution in [2.24, 2.45) is 0 Å². The number of aryl methyl sites for hydroxylation is 2. The van der Waals surface area contributed by atoms with Gasteiger partial charge in [0.1, 0.15) is 11.5 Å². The highest BCUT2D eigenvalue weighted by Gasteiger charge is 2.10. The zero-order valence-electron chi connectivity index (χ0n) is 14.5. The van der Waals surface area contributed by atoms with Gasteiger partial charge < -0.3 is 19.5 Å². The standard InChI is InChI=1S/C19H21NO5/c1-13-4-9-17(14(2)10-13)24-12-19(22)25-11-18(21)20-15-5-7-16(23-3)8-6-15/h4-10H,11-12H2,1-3H3,(H,20,21). The summed E-state index contributed by atoms with van der Waals surface area (Å²) in [5.74, 6) is 0.271. The fourth-order valence-corrected chi connectivity index (χ4v) is 2.16. The number of methoxy groups -OCH3 is 1. The van der Waals surface area contributed by atoms with Crippen molar-refractivity contribution >= 4 is 17.6 Å². The SMILES string of the molecule is COc1ccc(NC(=O)COC(=O)COc2ccc(C)cc2C)cc1. The highest BCUT2D eigenvalue weighted by Crippen LogP contribution is 2.18. The van der Waals surface area contributed by atoms with Crippen molar-refractivity contribution in [3.63, 3.8) is 0 Å². The number of amides is 1. The molecule has 2 aromatic rings. The number of carbonyl (C=O) groups excluding carboxylic acids is 2. The molecule has 6 heteroatoms. The lowest BCUT2D eigenvalue weighted by molar-refractivity contribution is -0.149. The number of benzene rings is 2. The second kappa shape index (κ2) is 8.73. The van der Waals surface area contributed by atoms with Crippen LogP contribution in [0.1, 0.15) is 11.1 Å². The quantitative estimate of drug-likeness (QED) is 0.783. The van der Waals surface area contributed by atoms with Crippen molar-refractivity contribution in [2.75, 3.05) is 25.6 Å². The maximum absolute atomic E-state index is 11.8. The molecule has 0 heterocycles. The Bertz CT molecular complexity index is 740. The van der Waals surface area contributed by atoms with Gasteiger partial charge in [-0.25, -0.2) is 4.79 Å². The maximum Gasteiger partial charge on any atom is 0.344 e. The molecule has 0 unspecified atom stereocenters. The molecule has 1 N–H and O–H groups in total. The van der Waals surface area contributed by atoms with E-state index in [0.29, 0.717) is 17.2 Å². The van der Waals surface area contributed by atoms with Crippen LogP contribution in [0.25, 0.3) is 0 Å². The van der Waals surface area contributed by atoms with Gasteiger partial charge in [-0.15, -0.1) is 0 Å². The molecular formula is C19H21NO5. The molecular weight excluding hydrogens is 322 g/mol. The summed E-state index contributed by atoms with van der Waals surface area (Å²) in [5.41, 5.74) is 2.64. The molecule has 132 valence electrons. The highest BCUT2D eigenvalue weighted by atomic mass is 16.6. The van der Waals surface area contributed by atoms with Crippen molar-refractivity contribution in [3.8, 4) is 11.5 Å². The number of hydrogen-bond donors (Lipinski definition) is 1. The van der Waals surface area contributed by atoms with Gasteiger partial charge in [0, 0.05) is 5.69 Å². The number of esters is 1. The molecule has 25 heavy (non-hydrogen) atoms. The third-order valence-electron chi connectivity index (χ3n) is 3.41. The molecule has 6 nitrogen and oxygen atoms in total. The summed E-state index contributed by atoms with van der Waals surface area (Å²) in [6.07, 6.45) is 0. The van der Waals surface area contributed by atoms with Crippen molar-refractivity contribution in [1.82, 2.24) is 0 Å². The van der Waals surface area contributed by atoms with E-state index in [9.17, 15) is 9.59 Å². The summed E-state index contributed by atoms with van der Waals surface area (Å²) in [6, 6.07) is 12.5.